The van der Waals surface area contributed by atoms with E-state index in [4.69, 9.17) is 16.3 Å². The molecule has 1 N–H and O–H groups in total. The quantitative estimate of drug-likeness (QED) is 0.597. The summed E-state index contributed by atoms with van der Waals surface area (Å²) >= 11 is 6.01. The van der Waals surface area contributed by atoms with Crippen LogP contribution in [0, 0.1) is 6.92 Å². The maximum Gasteiger partial charge on any atom is 0.121 e. The number of alkyl halides is 1. The first kappa shape index (κ1) is 10.4. The lowest BCUT2D eigenvalue weighted by molar-refractivity contribution is 0.411. The molecular weight excluding hydrogens is 186 g/mol. The molecule has 0 bridgehead atoms. The molecule has 0 aliphatic rings. The summed E-state index contributed by atoms with van der Waals surface area (Å²) in [5, 5.41) is 2.97. The Morgan fingerprint density at radius 1 is 1.46 bits per heavy atom. The Morgan fingerprint density at radius 2 is 2.15 bits per heavy atom. The van der Waals surface area contributed by atoms with Crippen LogP contribution in [0.15, 0.2) is 18.2 Å². The van der Waals surface area contributed by atoms with Crippen LogP contribution in [0.1, 0.15) is 16.6 Å². The van der Waals surface area contributed by atoms with Crippen LogP contribution in [0.2, 0.25) is 0 Å². The molecule has 0 fully saturated rings. The van der Waals surface area contributed by atoms with Gasteiger partial charge in [0.05, 0.1) is 7.11 Å². The maximum absolute atomic E-state index is 6.01. The van der Waals surface area contributed by atoms with Gasteiger partial charge in [-0.15, -0.1) is 11.6 Å². The lowest BCUT2D eigenvalue weighted by atomic mass is 10.1. The Labute approximate surface area is 83.9 Å². The van der Waals surface area contributed by atoms with Crippen LogP contribution < -0.4 is 10.1 Å². The summed E-state index contributed by atoms with van der Waals surface area (Å²) < 4.78 is 5.15. The van der Waals surface area contributed by atoms with Gasteiger partial charge in [-0.25, -0.2) is 0 Å². The van der Waals surface area contributed by atoms with E-state index in [0.29, 0.717) is 0 Å². The van der Waals surface area contributed by atoms with E-state index in [9.17, 15) is 0 Å². The highest BCUT2D eigenvalue weighted by Gasteiger charge is 2.06. The van der Waals surface area contributed by atoms with Gasteiger partial charge in [0.2, 0.25) is 0 Å². The van der Waals surface area contributed by atoms with Crippen molar-refractivity contribution in [1.82, 2.24) is 5.32 Å². The molecule has 72 valence electrons. The first-order valence-corrected chi connectivity index (χ1v) is 4.58. The monoisotopic (exact) mass is 199 g/mol. The van der Waals surface area contributed by atoms with E-state index in [0.717, 1.165) is 16.9 Å². The molecule has 3 heteroatoms. The molecule has 2 nitrogen and oxygen atoms in total. The van der Waals surface area contributed by atoms with E-state index in [1.165, 1.54) is 0 Å². The van der Waals surface area contributed by atoms with Crippen molar-refractivity contribution < 1.29 is 4.74 Å². The van der Waals surface area contributed by atoms with E-state index in [1.54, 1.807) is 7.11 Å². The lowest BCUT2D eigenvalue weighted by Crippen LogP contribution is -2.09. The van der Waals surface area contributed by atoms with E-state index >= 15 is 0 Å². The van der Waals surface area contributed by atoms with Crippen molar-refractivity contribution in [2.45, 2.75) is 12.4 Å². The molecule has 1 aromatic rings. The van der Waals surface area contributed by atoms with Crippen molar-refractivity contribution in [2.24, 2.45) is 0 Å². The zero-order chi connectivity index (χ0) is 9.84. The normalized spacial score (nSPS) is 12.6. The van der Waals surface area contributed by atoms with Crippen molar-refractivity contribution in [2.75, 3.05) is 14.2 Å². The number of rotatable bonds is 3. The fourth-order valence-corrected chi connectivity index (χ4v) is 1.36. The SMILES string of the molecule is CNC(Cl)c1ccc(OC)c(C)c1. The van der Waals surface area contributed by atoms with Crippen LogP contribution in [0.25, 0.3) is 0 Å². The minimum Gasteiger partial charge on any atom is -0.496 e. The largest absolute Gasteiger partial charge is 0.496 e. The van der Waals surface area contributed by atoms with Gasteiger partial charge in [-0.3, -0.25) is 0 Å². The molecular formula is C10H14ClNO. The van der Waals surface area contributed by atoms with E-state index in [-0.39, 0.29) is 5.50 Å². The zero-order valence-corrected chi connectivity index (χ0v) is 8.85. The van der Waals surface area contributed by atoms with Crippen LogP contribution in [-0.2, 0) is 0 Å². The second-order valence-electron chi connectivity index (χ2n) is 2.88. The van der Waals surface area contributed by atoms with E-state index in [1.807, 2.05) is 32.2 Å². The zero-order valence-electron chi connectivity index (χ0n) is 8.10. The number of hydrogen-bond donors (Lipinski definition) is 1. The summed E-state index contributed by atoms with van der Waals surface area (Å²) in [5.41, 5.74) is 2.02. The summed E-state index contributed by atoms with van der Waals surface area (Å²) in [7, 11) is 3.50. The van der Waals surface area contributed by atoms with Crippen molar-refractivity contribution in [1.29, 1.82) is 0 Å². The average molecular weight is 200 g/mol. The number of benzene rings is 1. The van der Waals surface area contributed by atoms with Gasteiger partial charge in [-0.1, -0.05) is 6.07 Å². The second-order valence-corrected chi connectivity index (χ2v) is 3.32. The number of methoxy groups -OCH3 is 1. The van der Waals surface area contributed by atoms with Crippen molar-refractivity contribution >= 4 is 11.6 Å². The molecule has 1 aromatic carbocycles. The first-order chi connectivity index (χ1) is 6.19. The Kier molecular flexibility index (Phi) is 3.58. The Bertz CT molecular complexity index is 288. The van der Waals surface area contributed by atoms with Crippen LogP contribution in [-0.4, -0.2) is 14.2 Å². The van der Waals surface area contributed by atoms with Crippen molar-refractivity contribution in [3.63, 3.8) is 0 Å². The smallest absolute Gasteiger partial charge is 0.121 e. The van der Waals surface area contributed by atoms with Crippen LogP contribution in [0.3, 0.4) is 0 Å². The Balaban J connectivity index is 2.95. The van der Waals surface area contributed by atoms with Gasteiger partial charge >= 0.3 is 0 Å². The highest BCUT2D eigenvalue weighted by atomic mass is 35.5. The molecule has 0 heterocycles. The van der Waals surface area contributed by atoms with Gasteiger partial charge in [-0.2, -0.15) is 0 Å². The maximum atomic E-state index is 6.01. The second kappa shape index (κ2) is 4.49. The van der Waals surface area contributed by atoms with Gasteiger partial charge in [-0.05, 0) is 37.2 Å². The van der Waals surface area contributed by atoms with Gasteiger partial charge in [0.1, 0.15) is 11.3 Å². The highest BCUT2D eigenvalue weighted by Crippen LogP contribution is 2.23. The molecule has 0 aliphatic carbocycles. The minimum absolute atomic E-state index is 0.135. The topological polar surface area (TPSA) is 21.3 Å². The van der Waals surface area contributed by atoms with Gasteiger partial charge < -0.3 is 10.1 Å². The standard InChI is InChI=1S/C10H14ClNO/c1-7-6-8(10(11)12-2)4-5-9(7)13-3/h4-6,10,12H,1-3H3. The van der Waals surface area contributed by atoms with Crippen LogP contribution in [0.4, 0.5) is 0 Å². The summed E-state index contributed by atoms with van der Waals surface area (Å²) in [5.74, 6) is 0.892. The molecule has 0 radical (unpaired) electrons. The van der Waals surface area contributed by atoms with Gasteiger partial charge in [0.15, 0.2) is 0 Å². The number of hydrogen-bond acceptors (Lipinski definition) is 2. The van der Waals surface area contributed by atoms with E-state index in [2.05, 4.69) is 5.32 Å². The lowest BCUT2D eigenvalue weighted by Gasteiger charge is -2.11. The molecule has 0 spiro atoms. The minimum atomic E-state index is -0.135. The fraction of sp³-hybridized carbons (Fsp3) is 0.400. The predicted octanol–water partition coefficient (Wildman–Crippen LogP) is 2.46. The third-order valence-electron chi connectivity index (χ3n) is 1.97. The number of aryl methyl sites for hydroxylation is 1. The molecule has 1 atom stereocenters. The molecule has 0 aromatic heterocycles. The molecule has 0 saturated heterocycles. The molecule has 0 saturated carbocycles. The molecule has 0 amide bonds. The highest BCUT2D eigenvalue weighted by molar-refractivity contribution is 6.20. The summed E-state index contributed by atoms with van der Waals surface area (Å²) in [6.07, 6.45) is 0. The summed E-state index contributed by atoms with van der Waals surface area (Å²) in [6.45, 7) is 2.00. The molecule has 0 aliphatic heterocycles. The molecule has 13 heavy (non-hydrogen) atoms. The Morgan fingerprint density at radius 3 is 2.62 bits per heavy atom. The average Bonchev–Trinajstić information content (AvgIpc) is 2.16. The van der Waals surface area contributed by atoms with Gasteiger partial charge in [0, 0.05) is 0 Å². The first-order valence-electron chi connectivity index (χ1n) is 4.15. The fourth-order valence-electron chi connectivity index (χ4n) is 1.23. The number of ether oxygens (including phenoxy) is 1. The molecule has 1 rings (SSSR count). The van der Waals surface area contributed by atoms with Crippen molar-refractivity contribution in [3.05, 3.63) is 29.3 Å². The number of halogens is 1. The summed E-state index contributed by atoms with van der Waals surface area (Å²) in [6, 6.07) is 5.91. The number of nitrogens with one attached hydrogen (secondary N) is 1. The summed E-state index contributed by atoms with van der Waals surface area (Å²) in [4.78, 5) is 0. The van der Waals surface area contributed by atoms with Gasteiger partial charge in [0.25, 0.3) is 0 Å². The Hall–Kier alpha value is -0.730. The van der Waals surface area contributed by atoms with E-state index < -0.39 is 0 Å². The van der Waals surface area contributed by atoms with Crippen molar-refractivity contribution in [3.8, 4) is 5.75 Å². The van der Waals surface area contributed by atoms with Crippen LogP contribution >= 0.6 is 11.6 Å². The third kappa shape index (κ3) is 2.36. The molecule has 1 unspecified atom stereocenters. The predicted molar refractivity (Wildman–Crippen MR) is 55.4 cm³/mol. The third-order valence-corrected chi connectivity index (χ3v) is 2.44. The van der Waals surface area contributed by atoms with Crippen LogP contribution in [0.5, 0.6) is 5.75 Å².